The van der Waals surface area contributed by atoms with Crippen molar-refractivity contribution in [2.24, 2.45) is 5.73 Å². The molecule has 96 valence electrons. The van der Waals surface area contributed by atoms with E-state index in [0.717, 1.165) is 34.1 Å². The zero-order valence-corrected chi connectivity index (χ0v) is 11.0. The maximum Gasteiger partial charge on any atom is 0.150 e. The third-order valence-electron chi connectivity index (χ3n) is 3.46. The summed E-state index contributed by atoms with van der Waals surface area (Å²) in [5.41, 5.74) is 11.1. The molecule has 0 aliphatic rings. The molecular weight excluding hydrogens is 236 g/mol. The van der Waals surface area contributed by atoms with Crippen molar-refractivity contribution in [1.82, 2.24) is 0 Å². The predicted octanol–water partition coefficient (Wildman–Crippen LogP) is 3.07. The number of nitrogens with one attached hydrogen (secondary N) is 1. The summed E-state index contributed by atoms with van der Waals surface area (Å²) < 4.78 is 0. The maximum absolute atomic E-state index is 10.9. The summed E-state index contributed by atoms with van der Waals surface area (Å²) in [6.45, 7) is 3.96. The van der Waals surface area contributed by atoms with Gasteiger partial charge < -0.3 is 5.73 Å². The standard InChI is InChI=1S/C16H16N2O/c1-10-11(2)15(8-7-14(10)9-19)12-3-5-13(6-4-12)16(17)18/h3-9H,1-2H3,(H3,17,18). The summed E-state index contributed by atoms with van der Waals surface area (Å²) in [7, 11) is 0. The number of aldehydes is 1. The third-order valence-corrected chi connectivity index (χ3v) is 3.46. The van der Waals surface area contributed by atoms with Gasteiger partial charge in [-0.05, 0) is 36.1 Å². The molecule has 0 aliphatic carbocycles. The number of benzene rings is 2. The molecule has 2 rings (SSSR count). The average molecular weight is 252 g/mol. The Morgan fingerprint density at radius 3 is 2.21 bits per heavy atom. The highest BCUT2D eigenvalue weighted by atomic mass is 16.1. The van der Waals surface area contributed by atoms with Crippen LogP contribution in [0.5, 0.6) is 0 Å². The van der Waals surface area contributed by atoms with E-state index in [1.54, 1.807) is 0 Å². The second-order valence-corrected chi connectivity index (χ2v) is 4.56. The van der Waals surface area contributed by atoms with Crippen LogP contribution in [0.25, 0.3) is 11.1 Å². The number of rotatable bonds is 3. The fraction of sp³-hybridized carbons (Fsp3) is 0.125. The lowest BCUT2D eigenvalue weighted by molar-refractivity contribution is 0.112. The molecule has 0 fully saturated rings. The van der Waals surface area contributed by atoms with Crippen LogP contribution < -0.4 is 5.73 Å². The van der Waals surface area contributed by atoms with Gasteiger partial charge in [0.25, 0.3) is 0 Å². The van der Waals surface area contributed by atoms with E-state index >= 15 is 0 Å². The Balaban J connectivity index is 2.50. The lowest BCUT2D eigenvalue weighted by Crippen LogP contribution is -2.10. The van der Waals surface area contributed by atoms with Crippen LogP contribution in [0.2, 0.25) is 0 Å². The number of nitrogens with two attached hydrogens (primary N) is 1. The monoisotopic (exact) mass is 252 g/mol. The molecule has 0 saturated carbocycles. The van der Waals surface area contributed by atoms with E-state index < -0.39 is 0 Å². The molecule has 0 spiro atoms. The van der Waals surface area contributed by atoms with E-state index in [1.807, 2.05) is 50.2 Å². The van der Waals surface area contributed by atoms with Crippen molar-refractivity contribution in [3.63, 3.8) is 0 Å². The number of hydrogen-bond donors (Lipinski definition) is 2. The van der Waals surface area contributed by atoms with Crippen molar-refractivity contribution < 1.29 is 4.79 Å². The molecule has 0 aliphatic heterocycles. The van der Waals surface area contributed by atoms with Crippen LogP contribution in [0, 0.1) is 19.3 Å². The van der Waals surface area contributed by atoms with E-state index in [2.05, 4.69) is 0 Å². The zero-order valence-electron chi connectivity index (χ0n) is 11.0. The quantitative estimate of drug-likeness (QED) is 0.501. The van der Waals surface area contributed by atoms with E-state index in [9.17, 15) is 4.79 Å². The largest absolute Gasteiger partial charge is 0.384 e. The van der Waals surface area contributed by atoms with Crippen LogP contribution in [-0.4, -0.2) is 12.1 Å². The normalized spacial score (nSPS) is 10.2. The molecule has 0 bridgehead atoms. The second kappa shape index (κ2) is 5.06. The minimum Gasteiger partial charge on any atom is -0.384 e. The Labute approximate surface area is 112 Å². The Bertz CT molecular complexity index is 643. The van der Waals surface area contributed by atoms with Crippen LogP contribution in [-0.2, 0) is 0 Å². The van der Waals surface area contributed by atoms with E-state index in [-0.39, 0.29) is 5.84 Å². The molecule has 0 atom stereocenters. The first kappa shape index (κ1) is 13.0. The third kappa shape index (κ3) is 2.40. The summed E-state index contributed by atoms with van der Waals surface area (Å²) in [4.78, 5) is 10.9. The SMILES string of the molecule is Cc1c(C=O)ccc(-c2ccc(C(=N)N)cc2)c1C. The molecule has 3 heteroatoms. The molecular formula is C16H16N2O. The van der Waals surface area contributed by atoms with Crippen LogP contribution in [0.1, 0.15) is 27.0 Å². The van der Waals surface area contributed by atoms with Crippen molar-refractivity contribution in [3.8, 4) is 11.1 Å². The van der Waals surface area contributed by atoms with Gasteiger partial charge >= 0.3 is 0 Å². The summed E-state index contributed by atoms with van der Waals surface area (Å²) in [6, 6.07) is 11.3. The van der Waals surface area contributed by atoms with Gasteiger partial charge in [-0.25, -0.2) is 0 Å². The average Bonchev–Trinajstić information content (AvgIpc) is 2.42. The number of nitrogen functional groups attached to an aromatic ring is 1. The molecule has 19 heavy (non-hydrogen) atoms. The van der Waals surface area contributed by atoms with Gasteiger partial charge in [0.1, 0.15) is 12.1 Å². The van der Waals surface area contributed by atoms with Gasteiger partial charge in [-0.15, -0.1) is 0 Å². The van der Waals surface area contributed by atoms with Gasteiger partial charge in [-0.2, -0.15) is 0 Å². The zero-order chi connectivity index (χ0) is 14.0. The first-order valence-electron chi connectivity index (χ1n) is 6.05. The molecule has 3 nitrogen and oxygen atoms in total. The molecule has 0 amide bonds. The van der Waals surface area contributed by atoms with Gasteiger partial charge in [0, 0.05) is 11.1 Å². The minimum absolute atomic E-state index is 0.0655. The van der Waals surface area contributed by atoms with Gasteiger partial charge in [0.2, 0.25) is 0 Å². The van der Waals surface area contributed by atoms with Gasteiger partial charge in [0.15, 0.2) is 0 Å². The highest BCUT2D eigenvalue weighted by Crippen LogP contribution is 2.27. The molecule has 0 saturated heterocycles. The van der Waals surface area contributed by atoms with E-state index in [0.29, 0.717) is 5.56 Å². The predicted molar refractivity (Wildman–Crippen MR) is 77.8 cm³/mol. The van der Waals surface area contributed by atoms with Crippen LogP contribution in [0.3, 0.4) is 0 Å². The Morgan fingerprint density at radius 1 is 1.05 bits per heavy atom. The van der Waals surface area contributed by atoms with Crippen molar-refractivity contribution in [2.75, 3.05) is 0 Å². The Kier molecular flexibility index (Phi) is 3.47. The summed E-state index contributed by atoms with van der Waals surface area (Å²) in [5.74, 6) is 0.0655. The van der Waals surface area contributed by atoms with Crippen molar-refractivity contribution in [3.05, 3.63) is 58.7 Å². The number of hydrogen-bond acceptors (Lipinski definition) is 2. The summed E-state index contributed by atoms with van der Waals surface area (Å²) in [5, 5.41) is 7.38. The topological polar surface area (TPSA) is 66.9 Å². The first-order valence-corrected chi connectivity index (χ1v) is 6.05. The molecule has 2 aromatic rings. The van der Waals surface area contributed by atoms with Gasteiger partial charge in [-0.3, -0.25) is 10.2 Å². The Hall–Kier alpha value is -2.42. The number of carbonyl (C=O) groups excluding carboxylic acids is 1. The highest BCUT2D eigenvalue weighted by Gasteiger charge is 2.08. The lowest BCUT2D eigenvalue weighted by atomic mass is 9.93. The van der Waals surface area contributed by atoms with E-state index in [1.165, 1.54) is 0 Å². The van der Waals surface area contributed by atoms with Gasteiger partial charge in [0.05, 0.1) is 0 Å². The molecule has 0 heterocycles. The number of carbonyl (C=O) groups is 1. The summed E-state index contributed by atoms with van der Waals surface area (Å²) >= 11 is 0. The Morgan fingerprint density at radius 2 is 1.68 bits per heavy atom. The highest BCUT2D eigenvalue weighted by molar-refractivity contribution is 5.95. The van der Waals surface area contributed by atoms with Crippen LogP contribution in [0.4, 0.5) is 0 Å². The molecule has 2 aromatic carbocycles. The number of amidine groups is 1. The first-order chi connectivity index (χ1) is 9.04. The van der Waals surface area contributed by atoms with Crippen molar-refractivity contribution in [2.45, 2.75) is 13.8 Å². The summed E-state index contributed by atoms with van der Waals surface area (Å²) in [6.07, 6.45) is 0.880. The van der Waals surface area contributed by atoms with Crippen molar-refractivity contribution in [1.29, 1.82) is 5.41 Å². The minimum atomic E-state index is 0.0655. The van der Waals surface area contributed by atoms with Crippen LogP contribution in [0.15, 0.2) is 36.4 Å². The van der Waals surface area contributed by atoms with Crippen molar-refractivity contribution >= 4 is 12.1 Å². The lowest BCUT2D eigenvalue weighted by Gasteiger charge is -2.11. The van der Waals surface area contributed by atoms with Crippen LogP contribution >= 0.6 is 0 Å². The molecule has 0 aromatic heterocycles. The fourth-order valence-electron chi connectivity index (χ4n) is 2.11. The smallest absolute Gasteiger partial charge is 0.150 e. The van der Waals surface area contributed by atoms with E-state index in [4.69, 9.17) is 11.1 Å². The fourth-order valence-corrected chi connectivity index (χ4v) is 2.11. The van der Waals surface area contributed by atoms with Gasteiger partial charge in [-0.1, -0.05) is 36.4 Å². The maximum atomic E-state index is 10.9. The molecule has 0 radical (unpaired) electrons. The molecule has 0 unspecified atom stereocenters. The molecule has 3 N–H and O–H groups in total. The second-order valence-electron chi connectivity index (χ2n) is 4.56.